The van der Waals surface area contributed by atoms with Gasteiger partial charge < -0.3 is 0 Å². The van der Waals surface area contributed by atoms with Gasteiger partial charge in [-0.05, 0) is 11.3 Å². The molecule has 74 valence electrons. The van der Waals surface area contributed by atoms with Crippen LogP contribution in [-0.4, -0.2) is 21.2 Å². The van der Waals surface area contributed by atoms with E-state index in [1.54, 1.807) is 0 Å². The Morgan fingerprint density at radius 3 is 2.00 bits per heavy atom. The van der Waals surface area contributed by atoms with Gasteiger partial charge in [-0.25, -0.2) is 13.1 Å². The summed E-state index contributed by atoms with van der Waals surface area (Å²) in [6.07, 6.45) is 1.18. The molecule has 12 heavy (non-hydrogen) atoms. The van der Waals surface area contributed by atoms with Crippen LogP contribution >= 0.6 is 0 Å². The molecule has 0 bridgehead atoms. The molecule has 4 heteroatoms. The Morgan fingerprint density at radius 1 is 1.33 bits per heavy atom. The van der Waals surface area contributed by atoms with Crippen molar-refractivity contribution in [1.82, 2.24) is 4.72 Å². The lowest BCUT2D eigenvalue weighted by atomic mass is 9.81. The average Bonchev–Trinajstić information content (AvgIpc) is 1.82. The summed E-state index contributed by atoms with van der Waals surface area (Å²) in [5.74, 6) is 0.465. The normalized spacial score (nSPS) is 13.8. The molecule has 0 aliphatic rings. The maximum Gasteiger partial charge on any atom is 0.208 e. The number of nitrogens with one attached hydrogen (secondary N) is 1. The van der Waals surface area contributed by atoms with Crippen LogP contribution in [0.1, 0.15) is 27.7 Å². The van der Waals surface area contributed by atoms with Crippen molar-refractivity contribution in [2.24, 2.45) is 11.3 Å². The van der Waals surface area contributed by atoms with E-state index in [1.165, 1.54) is 6.26 Å². The first kappa shape index (κ1) is 11.9. The van der Waals surface area contributed by atoms with E-state index >= 15 is 0 Å². The Balaban J connectivity index is 4.10. The first-order chi connectivity index (χ1) is 5.15. The Kier molecular flexibility index (Phi) is 3.72. The summed E-state index contributed by atoms with van der Waals surface area (Å²) in [5.41, 5.74) is 0.0169. The highest BCUT2D eigenvalue weighted by Crippen LogP contribution is 2.24. The van der Waals surface area contributed by atoms with Crippen LogP contribution in [0.3, 0.4) is 0 Å². The molecule has 0 aromatic rings. The lowest BCUT2D eigenvalue weighted by Gasteiger charge is -2.28. The molecule has 0 fully saturated rings. The molecular formula is C8H19NO2S. The van der Waals surface area contributed by atoms with E-state index in [0.717, 1.165) is 0 Å². The average molecular weight is 193 g/mol. The summed E-state index contributed by atoms with van der Waals surface area (Å²) in [6, 6.07) is 0. The van der Waals surface area contributed by atoms with Crippen LogP contribution in [0.25, 0.3) is 0 Å². The monoisotopic (exact) mass is 193 g/mol. The van der Waals surface area contributed by atoms with Gasteiger partial charge in [-0.2, -0.15) is 0 Å². The van der Waals surface area contributed by atoms with Crippen molar-refractivity contribution in [1.29, 1.82) is 0 Å². The summed E-state index contributed by atoms with van der Waals surface area (Å²) >= 11 is 0. The van der Waals surface area contributed by atoms with E-state index in [2.05, 4.69) is 32.4 Å². The minimum atomic E-state index is -3.04. The van der Waals surface area contributed by atoms with Gasteiger partial charge in [-0.3, -0.25) is 0 Å². The second kappa shape index (κ2) is 3.75. The molecule has 0 rings (SSSR count). The molecule has 0 aliphatic heterocycles. The van der Waals surface area contributed by atoms with Gasteiger partial charge in [0.15, 0.2) is 0 Å². The molecule has 0 amide bonds. The van der Waals surface area contributed by atoms with Crippen molar-refractivity contribution < 1.29 is 8.42 Å². The standard InChI is InChI=1S/C8H19NO2S/c1-7(2)8(3,4)6-9-12(5,10)11/h7,9H,6H2,1-5H3. The molecule has 0 spiro atoms. The van der Waals surface area contributed by atoms with Gasteiger partial charge >= 0.3 is 0 Å². The van der Waals surface area contributed by atoms with E-state index in [0.29, 0.717) is 12.5 Å². The van der Waals surface area contributed by atoms with E-state index < -0.39 is 10.0 Å². The highest BCUT2D eigenvalue weighted by Gasteiger charge is 2.23. The largest absolute Gasteiger partial charge is 0.215 e. The smallest absolute Gasteiger partial charge is 0.208 e. The fourth-order valence-corrected chi connectivity index (χ4v) is 1.16. The predicted molar refractivity (Wildman–Crippen MR) is 51.5 cm³/mol. The highest BCUT2D eigenvalue weighted by molar-refractivity contribution is 7.88. The molecule has 0 unspecified atom stereocenters. The summed E-state index contributed by atoms with van der Waals surface area (Å²) in [4.78, 5) is 0. The molecule has 0 saturated heterocycles. The second-order valence-electron chi connectivity index (χ2n) is 4.24. The lowest BCUT2D eigenvalue weighted by molar-refractivity contribution is 0.252. The van der Waals surface area contributed by atoms with Gasteiger partial charge in [0.2, 0.25) is 10.0 Å². The summed E-state index contributed by atoms with van der Waals surface area (Å²) in [7, 11) is -3.04. The van der Waals surface area contributed by atoms with Crippen LogP contribution in [0, 0.1) is 11.3 Å². The molecule has 0 aromatic heterocycles. The quantitative estimate of drug-likeness (QED) is 0.729. The van der Waals surface area contributed by atoms with Crippen molar-refractivity contribution in [3.8, 4) is 0 Å². The minimum Gasteiger partial charge on any atom is -0.215 e. The molecule has 0 heterocycles. The number of hydrogen-bond donors (Lipinski definition) is 1. The highest BCUT2D eigenvalue weighted by atomic mass is 32.2. The zero-order valence-electron chi connectivity index (χ0n) is 8.51. The van der Waals surface area contributed by atoms with Gasteiger partial charge in [0.25, 0.3) is 0 Å². The van der Waals surface area contributed by atoms with Gasteiger partial charge in [0, 0.05) is 6.54 Å². The zero-order valence-corrected chi connectivity index (χ0v) is 9.33. The van der Waals surface area contributed by atoms with Gasteiger partial charge in [-0.15, -0.1) is 0 Å². The maximum absolute atomic E-state index is 10.8. The molecule has 1 N–H and O–H groups in total. The fraction of sp³-hybridized carbons (Fsp3) is 1.00. The minimum absolute atomic E-state index is 0.0169. The van der Waals surface area contributed by atoms with Crippen molar-refractivity contribution in [3.63, 3.8) is 0 Å². The van der Waals surface area contributed by atoms with Crippen LogP contribution in [0.4, 0.5) is 0 Å². The molecule has 3 nitrogen and oxygen atoms in total. The SMILES string of the molecule is CC(C)C(C)(C)CNS(C)(=O)=O. The number of hydrogen-bond acceptors (Lipinski definition) is 2. The van der Waals surface area contributed by atoms with E-state index in [-0.39, 0.29) is 5.41 Å². The van der Waals surface area contributed by atoms with Gasteiger partial charge in [0.1, 0.15) is 0 Å². The van der Waals surface area contributed by atoms with Crippen LogP contribution < -0.4 is 4.72 Å². The second-order valence-corrected chi connectivity index (χ2v) is 6.07. The number of rotatable bonds is 4. The predicted octanol–water partition coefficient (Wildman–Crippen LogP) is 1.22. The van der Waals surface area contributed by atoms with Crippen molar-refractivity contribution in [3.05, 3.63) is 0 Å². The fourth-order valence-electron chi connectivity index (χ4n) is 0.521. The molecule has 0 saturated carbocycles. The third-order valence-corrected chi connectivity index (χ3v) is 3.02. The van der Waals surface area contributed by atoms with Crippen molar-refractivity contribution >= 4 is 10.0 Å². The van der Waals surface area contributed by atoms with Gasteiger partial charge in [0.05, 0.1) is 6.26 Å². The third kappa shape index (κ3) is 4.72. The summed E-state index contributed by atoms with van der Waals surface area (Å²) in [5, 5.41) is 0. The van der Waals surface area contributed by atoms with Crippen LogP contribution in [0.15, 0.2) is 0 Å². The maximum atomic E-state index is 10.8. The molecule has 0 aliphatic carbocycles. The molecule has 0 atom stereocenters. The van der Waals surface area contributed by atoms with Crippen LogP contribution in [-0.2, 0) is 10.0 Å². The summed E-state index contributed by atoms with van der Waals surface area (Å²) < 4.78 is 24.1. The Hall–Kier alpha value is -0.0900. The molecule has 0 radical (unpaired) electrons. The first-order valence-corrected chi connectivity index (χ1v) is 5.99. The van der Waals surface area contributed by atoms with Crippen LogP contribution in [0.5, 0.6) is 0 Å². The van der Waals surface area contributed by atoms with Crippen molar-refractivity contribution in [2.45, 2.75) is 27.7 Å². The third-order valence-electron chi connectivity index (χ3n) is 2.35. The van der Waals surface area contributed by atoms with Crippen LogP contribution in [0.2, 0.25) is 0 Å². The zero-order chi connectivity index (χ0) is 9.99. The summed E-state index contributed by atoms with van der Waals surface area (Å²) in [6.45, 7) is 8.78. The Morgan fingerprint density at radius 2 is 1.75 bits per heavy atom. The topological polar surface area (TPSA) is 46.2 Å². The Labute approximate surface area is 75.6 Å². The van der Waals surface area contributed by atoms with Crippen molar-refractivity contribution in [2.75, 3.05) is 12.8 Å². The van der Waals surface area contributed by atoms with E-state index in [4.69, 9.17) is 0 Å². The number of sulfonamides is 1. The Bertz CT molecular complexity index is 229. The molecule has 0 aromatic carbocycles. The van der Waals surface area contributed by atoms with Gasteiger partial charge in [-0.1, -0.05) is 27.7 Å². The lowest BCUT2D eigenvalue weighted by Crippen LogP contribution is -2.36. The molecular weight excluding hydrogens is 174 g/mol. The van der Waals surface area contributed by atoms with E-state index in [9.17, 15) is 8.42 Å². The first-order valence-electron chi connectivity index (χ1n) is 4.10. The van der Waals surface area contributed by atoms with E-state index in [1.807, 2.05) is 0 Å².